The van der Waals surface area contributed by atoms with Gasteiger partial charge in [-0.15, -0.1) is 0 Å². The molecule has 0 amide bonds. The maximum atomic E-state index is 11.0. The molecule has 0 unspecified atom stereocenters. The summed E-state index contributed by atoms with van der Waals surface area (Å²) in [5.41, 5.74) is 2.18. The van der Waals surface area contributed by atoms with Crippen LogP contribution in [0.1, 0.15) is 10.5 Å². The van der Waals surface area contributed by atoms with Crippen LogP contribution < -0.4 is 0 Å². The van der Waals surface area contributed by atoms with Gasteiger partial charge < -0.3 is 5.11 Å². The lowest BCUT2D eigenvalue weighted by molar-refractivity contribution is 0.0690. The van der Waals surface area contributed by atoms with Gasteiger partial charge in [0.1, 0.15) is 0 Å². The van der Waals surface area contributed by atoms with Crippen molar-refractivity contribution in [1.82, 2.24) is 14.6 Å². The molecule has 0 saturated heterocycles. The van der Waals surface area contributed by atoms with Crippen molar-refractivity contribution in [3.05, 3.63) is 48.3 Å². The van der Waals surface area contributed by atoms with E-state index in [1.54, 1.807) is 36.5 Å². The van der Waals surface area contributed by atoms with E-state index < -0.39 is 5.97 Å². The molecule has 2 aromatic heterocycles. The molecule has 2 heterocycles. The standard InChI is InChI=1S/C14H8N4O3/c19-8-16-10-3-1-2-9(6-10)12-4-5-15-13-7-11(14(20)21)17-18(12)13/h1-7H,(H,20,21). The van der Waals surface area contributed by atoms with E-state index in [0.717, 1.165) is 5.56 Å². The molecule has 0 aliphatic rings. The minimum absolute atomic E-state index is 0.0861. The SMILES string of the molecule is O=C=Nc1cccc(-c2ccnc3cc(C(=O)O)nn23)c1. The lowest BCUT2D eigenvalue weighted by Crippen LogP contribution is -1.99. The van der Waals surface area contributed by atoms with Crippen molar-refractivity contribution in [1.29, 1.82) is 0 Å². The topological polar surface area (TPSA) is 96.9 Å². The van der Waals surface area contributed by atoms with Crippen LogP contribution in [0.5, 0.6) is 0 Å². The molecule has 0 atom stereocenters. The first-order chi connectivity index (χ1) is 10.2. The lowest BCUT2D eigenvalue weighted by Gasteiger charge is -2.04. The Hall–Kier alpha value is -3.31. The van der Waals surface area contributed by atoms with Gasteiger partial charge in [0, 0.05) is 17.8 Å². The van der Waals surface area contributed by atoms with Gasteiger partial charge in [-0.05, 0) is 18.2 Å². The zero-order valence-corrected chi connectivity index (χ0v) is 10.6. The first-order valence-corrected chi connectivity index (χ1v) is 5.95. The molecule has 102 valence electrons. The zero-order valence-electron chi connectivity index (χ0n) is 10.6. The van der Waals surface area contributed by atoms with Crippen molar-refractivity contribution < 1.29 is 14.7 Å². The van der Waals surface area contributed by atoms with E-state index in [9.17, 15) is 9.59 Å². The summed E-state index contributed by atoms with van der Waals surface area (Å²) in [5.74, 6) is -1.12. The number of carboxylic acid groups (broad SMARTS) is 1. The lowest BCUT2D eigenvalue weighted by atomic mass is 10.1. The number of aromatic carboxylic acids is 1. The first kappa shape index (κ1) is 12.7. The molecule has 7 nitrogen and oxygen atoms in total. The smallest absolute Gasteiger partial charge is 0.356 e. The van der Waals surface area contributed by atoms with Crippen LogP contribution in [0.25, 0.3) is 16.9 Å². The average molecular weight is 280 g/mol. The highest BCUT2D eigenvalue weighted by molar-refractivity contribution is 5.87. The number of aromatic nitrogens is 3. The van der Waals surface area contributed by atoms with Crippen molar-refractivity contribution >= 4 is 23.4 Å². The quantitative estimate of drug-likeness (QED) is 0.585. The highest BCUT2D eigenvalue weighted by atomic mass is 16.4. The Morgan fingerprint density at radius 3 is 2.90 bits per heavy atom. The van der Waals surface area contributed by atoms with Gasteiger partial charge in [-0.25, -0.2) is 19.1 Å². The van der Waals surface area contributed by atoms with Gasteiger partial charge in [-0.2, -0.15) is 10.1 Å². The van der Waals surface area contributed by atoms with Crippen LogP contribution in [0.3, 0.4) is 0 Å². The number of carbonyl (C=O) groups is 1. The third-order valence-electron chi connectivity index (χ3n) is 2.89. The summed E-state index contributed by atoms with van der Waals surface area (Å²) in [6.45, 7) is 0. The van der Waals surface area contributed by atoms with E-state index in [-0.39, 0.29) is 5.69 Å². The Kier molecular flexibility index (Phi) is 3.02. The fraction of sp³-hybridized carbons (Fsp3) is 0. The summed E-state index contributed by atoms with van der Waals surface area (Å²) in [4.78, 5) is 29.0. The van der Waals surface area contributed by atoms with Crippen LogP contribution >= 0.6 is 0 Å². The number of carboxylic acids is 1. The molecule has 0 aliphatic heterocycles. The first-order valence-electron chi connectivity index (χ1n) is 5.95. The Bertz CT molecular complexity index is 894. The fourth-order valence-corrected chi connectivity index (χ4v) is 2.01. The molecular weight excluding hydrogens is 272 g/mol. The van der Waals surface area contributed by atoms with Crippen molar-refractivity contribution in [2.75, 3.05) is 0 Å². The molecule has 3 rings (SSSR count). The van der Waals surface area contributed by atoms with Gasteiger partial charge >= 0.3 is 5.97 Å². The summed E-state index contributed by atoms with van der Waals surface area (Å²) in [5, 5.41) is 13.0. The van der Waals surface area contributed by atoms with Crippen LogP contribution in [-0.2, 0) is 4.79 Å². The number of aliphatic imine (C=N–C) groups is 1. The molecule has 3 aromatic rings. The van der Waals surface area contributed by atoms with Crippen molar-refractivity contribution in [2.24, 2.45) is 4.99 Å². The summed E-state index contributed by atoms with van der Waals surface area (Å²) in [7, 11) is 0. The number of nitrogens with zero attached hydrogens (tertiary/aromatic N) is 4. The predicted molar refractivity (Wildman–Crippen MR) is 73.2 cm³/mol. The average Bonchev–Trinajstić information content (AvgIpc) is 2.92. The summed E-state index contributed by atoms with van der Waals surface area (Å²) in [6.07, 6.45) is 3.04. The Morgan fingerprint density at radius 1 is 1.29 bits per heavy atom. The van der Waals surface area contributed by atoms with E-state index in [1.165, 1.54) is 16.7 Å². The predicted octanol–water partition coefficient (Wildman–Crippen LogP) is 2.06. The maximum absolute atomic E-state index is 11.0. The Labute approximate surface area is 118 Å². The largest absolute Gasteiger partial charge is 0.476 e. The van der Waals surface area contributed by atoms with E-state index >= 15 is 0 Å². The molecule has 0 bridgehead atoms. The van der Waals surface area contributed by atoms with E-state index in [1.807, 2.05) is 0 Å². The second-order valence-corrected chi connectivity index (χ2v) is 4.19. The summed E-state index contributed by atoms with van der Waals surface area (Å²) < 4.78 is 1.44. The normalized spacial score (nSPS) is 10.3. The van der Waals surface area contributed by atoms with E-state index in [0.29, 0.717) is 17.0 Å². The minimum atomic E-state index is -1.12. The molecule has 0 spiro atoms. The van der Waals surface area contributed by atoms with E-state index in [2.05, 4.69) is 15.1 Å². The molecule has 7 heteroatoms. The number of isocyanates is 1. The third kappa shape index (κ3) is 2.29. The van der Waals surface area contributed by atoms with Crippen LogP contribution in [0.4, 0.5) is 5.69 Å². The molecule has 1 aromatic carbocycles. The third-order valence-corrected chi connectivity index (χ3v) is 2.89. The molecule has 0 fully saturated rings. The zero-order chi connectivity index (χ0) is 14.8. The van der Waals surface area contributed by atoms with Crippen molar-refractivity contribution in [3.63, 3.8) is 0 Å². The molecule has 0 radical (unpaired) electrons. The Balaban J connectivity index is 2.22. The van der Waals surface area contributed by atoms with Gasteiger partial charge in [0.05, 0.1) is 11.4 Å². The van der Waals surface area contributed by atoms with Crippen molar-refractivity contribution in [2.45, 2.75) is 0 Å². The summed E-state index contributed by atoms with van der Waals surface area (Å²) in [6, 6.07) is 9.98. The molecule has 0 aliphatic carbocycles. The van der Waals surface area contributed by atoms with E-state index in [4.69, 9.17) is 5.11 Å². The fourth-order valence-electron chi connectivity index (χ4n) is 2.01. The molecule has 0 saturated carbocycles. The van der Waals surface area contributed by atoms with Crippen LogP contribution in [0, 0.1) is 0 Å². The van der Waals surface area contributed by atoms with Crippen LogP contribution in [-0.4, -0.2) is 31.8 Å². The number of rotatable bonds is 3. The number of carbonyl (C=O) groups excluding carboxylic acids is 1. The second kappa shape index (κ2) is 4.99. The molecular formula is C14H8N4O3. The number of hydrogen-bond acceptors (Lipinski definition) is 5. The van der Waals surface area contributed by atoms with Gasteiger partial charge in [0.2, 0.25) is 6.08 Å². The van der Waals surface area contributed by atoms with Gasteiger partial charge in [0.25, 0.3) is 0 Å². The van der Waals surface area contributed by atoms with Crippen molar-refractivity contribution in [3.8, 4) is 11.3 Å². The maximum Gasteiger partial charge on any atom is 0.356 e. The molecule has 21 heavy (non-hydrogen) atoms. The minimum Gasteiger partial charge on any atom is -0.476 e. The number of fused-ring (bicyclic) bond motifs is 1. The highest BCUT2D eigenvalue weighted by Gasteiger charge is 2.12. The monoisotopic (exact) mass is 280 g/mol. The van der Waals surface area contributed by atoms with Crippen LogP contribution in [0.2, 0.25) is 0 Å². The number of benzene rings is 1. The number of hydrogen-bond donors (Lipinski definition) is 1. The highest BCUT2D eigenvalue weighted by Crippen LogP contribution is 2.24. The van der Waals surface area contributed by atoms with Crippen LogP contribution in [0.15, 0.2) is 47.6 Å². The summed E-state index contributed by atoms with van der Waals surface area (Å²) >= 11 is 0. The second-order valence-electron chi connectivity index (χ2n) is 4.19. The molecule has 1 N–H and O–H groups in total. The van der Waals surface area contributed by atoms with Gasteiger partial charge in [0.15, 0.2) is 11.3 Å². The van der Waals surface area contributed by atoms with Gasteiger partial charge in [-0.3, -0.25) is 0 Å². The van der Waals surface area contributed by atoms with Gasteiger partial charge in [-0.1, -0.05) is 12.1 Å². The Morgan fingerprint density at radius 2 is 2.14 bits per heavy atom.